The molecule has 1 aromatic carbocycles. The van der Waals surface area contributed by atoms with E-state index in [-0.39, 0.29) is 0 Å². The van der Waals surface area contributed by atoms with Crippen LogP contribution in [-0.4, -0.2) is 6.54 Å². The molecule has 0 aromatic heterocycles. The fourth-order valence-electron chi connectivity index (χ4n) is 1.94. The molecule has 0 radical (unpaired) electrons. The number of hydrogen-bond acceptors (Lipinski definition) is 2. The second-order valence-electron chi connectivity index (χ2n) is 4.78. The van der Waals surface area contributed by atoms with Gasteiger partial charge in [-0.3, -0.25) is 0 Å². The molecule has 1 aliphatic carbocycles. The summed E-state index contributed by atoms with van der Waals surface area (Å²) in [5.41, 5.74) is 9.66. The maximum atomic E-state index is 5.77. The molecule has 0 heterocycles. The van der Waals surface area contributed by atoms with Crippen LogP contribution in [0.25, 0.3) is 0 Å². The van der Waals surface area contributed by atoms with Gasteiger partial charge in [0, 0.05) is 17.9 Å². The molecule has 82 valence electrons. The van der Waals surface area contributed by atoms with Crippen LogP contribution in [0.3, 0.4) is 0 Å². The SMILES string of the molecule is CCC1(CNc2cc(N)ccc2C)CC1. The van der Waals surface area contributed by atoms with Crippen molar-refractivity contribution in [1.82, 2.24) is 0 Å². The van der Waals surface area contributed by atoms with Gasteiger partial charge in [-0.05, 0) is 49.3 Å². The van der Waals surface area contributed by atoms with Gasteiger partial charge in [0.1, 0.15) is 0 Å². The first kappa shape index (κ1) is 10.3. The van der Waals surface area contributed by atoms with Crippen LogP contribution < -0.4 is 11.1 Å². The van der Waals surface area contributed by atoms with Crippen molar-refractivity contribution in [1.29, 1.82) is 0 Å². The third-order valence-electron chi connectivity index (χ3n) is 3.62. The number of nitrogens with two attached hydrogens (primary N) is 1. The molecule has 2 rings (SSSR count). The number of rotatable bonds is 4. The standard InChI is InChI=1S/C13H20N2/c1-3-13(6-7-13)9-15-12-8-11(14)5-4-10(12)2/h4-5,8,15H,3,6-7,9,14H2,1-2H3. The molecule has 1 fully saturated rings. The molecule has 0 aliphatic heterocycles. The van der Waals surface area contributed by atoms with Gasteiger partial charge in [-0.1, -0.05) is 13.0 Å². The van der Waals surface area contributed by atoms with Crippen LogP contribution in [0.2, 0.25) is 0 Å². The number of anilines is 2. The minimum Gasteiger partial charge on any atom is -0.399 e. The van der Waals surface area contributed by atoms with E-state index in [1.165, 1.54) is 30.5 Å². The molecule has 0 atom stereocenters. The van der Waals surface area contributed by atoms with Crippen molar-refractivity contribution in [3.05, 3.63) is 23.8 Å². The van der Waals surface area contributed by atoms with E-state index in [2.05, 4.69) is 25.2 Å². The summed E-state index contributed by atoms with van der Waals surface area (Å²) in [4.78, 5) is 0. The summed E-state index contributed by atoms with van der Waals surface area (Å²) in [7, 11) is 0. The van der Waals surface area contributed by atoms with Crippen molar-refractivity contribution in [2.45, 2.75) is 33.1 Å². The van der Waals surface area contributed by atoms with E-state index >= 15 is 0 Å². The van der Waals surface area contributed by atoms with Crippen molar-refractivity contribution < 1.29 is 0 Å². The Kier molecular flexibility index (Phi) is 2.59. The Morgan fingerprint density at radius 2 is 2.13 bits per heavy atom. The van der Waals surface area contributed by atoms with E-state index < -0.39 is 0 Å². The minimum atomic E-state index is 0.580. The second-order valence-corrected chi connectivity index (χ2v) is 4.78. The molecule has 0 saturated heterocycles. The van der Waals surface area contributed by atoms with Crippen LogP contribution >= 0.6 is 0 Å². The summed E-state index contributed by atoms with van der Waals surface area (Å²) in [6.45, 7) is 5.49. The van der Waals surface area contributed by atoms with E-state index in [1.807, 2.05) is 12.1 Å². The maximum Gasteiger partial charge on any atom is 0.0390 e. The highest BCUT2D eigenvalue weighted by molar-refractivity contribution is 5.59. The van der Waals surface area contributed by atoms with E-state index in [0.29, 0.717) is 5.41 Å². The van der Waals surface area contributed by atoms with Crippen LogP contribution in [0, 0.1) is 12.3 Å². The van der Waals surface area contributed by atoms with Gasteiger partial charge in [0.25, 0.3) is 0 Å². The van der Waals surface area contributed by atoms with Crippen molar-refractivity contribution in [3.8, 4) is 0 Å². The summed E-state index contributed by atoms with van der Waals surface area (Å²) in [5, 5.41) is 3.53. The molecule has 2 heteroatoms. The average Bonchev–Trinajstić information content (AvgIpc) is 3.00. The van der Waals surface area contributed by atoms with Gasteiger partial charge in [-0.15, -0.1) is 0 Å². The smallest absolute Gasteiger partial charge is 0.0390 e. The molecule has 2 nitrogen and oxygen atoms in total. The van der Waals surface area contributed by atoms with Gasteiger partial charge in [-0.25, -0.2) is 0 Å². The number of nitrogens with one attached hydrogen (secondary N) is 1. The van der Waals surface area contributed by atoms with E-state index in [9.17, 15) is 0 Å². The van der Waals surface area contributed by atoms with Gasteiger partial charge in [0.15, 0.2) is 0 Å². The van der Waals surface area contributed by atoms with Gasteiger partial charge in [0.2, 0.25) is 0 Å². The third-order valence-corrected chi connectivity index (χ3v) is 3.62. The van der Waals surface area contributed by atoms with E-state index in [0.717, 1.165) is 12.2 Å². The molecule has 1 aromatic rings. The summed E-state index contributed by atoms with van der Waals surface area (Å²) in [6.07, 6.45) is 4.02. The Morgan fingerprint density at radius 3 is 2.73 bits per heavy atom. The fraction of sp³-hybridized carbons (Fsp3) is 0.538. The fourth-order valence-corrected chi connectivity index (χ4v) is 1.94. The number of benzene rings is 1. The Labute approximate surface area is 91.9 Å². The monoisotopic (exact) mass is 204 g/mol. The zero-order valence-corrected chi connectivity index (χ0v) is 9.64. The number of aryl methyl sites for hydroxylation is 1. The quantitative estimate of drug-likeness (QED) is 0.739. The Balaban J connectivity index is 2.01. The predicted octanol–water partition coefficient (Wildman–Crippen LogP) is 3.18. The molecular formula is C13H20N2. The number of nitrogen functional groups attached to an aromatic ring is 1. The van der Waals surface area contributed by atoms with Gasteiger partial charge in [0.05, 0.1) is 0 Å². The molecular weight excluding hydrogens is 184 g/mol. The Bertz CT molecular complexity index is 354. The normalized spacial score (nSPS) is 17.5. The Hall–Kier alpha value is -1.18. The van der Waals surface area contributed by atoms with Crippen molar-refractivity contribution in [2.24, 2.45) is 5.41 Å². The van der Waals surface area contributed by atoms with Crippen LogP contribution in [-0.2, 0) is 0 Å². The first-order valence-electron chi connectivity index (χ1n) is 5.75. The zero-order chi connectivity index (χ0) is 10.9. The average molecular weight is 204 g/mol. The van der Waals surface area contributed by atoms with Crippen LogP contribution in [0.4, 0.5) is 11.4 Å². The molecule has 0 amide bonds. The Morgan fingerprint density at radius 1 is 1.40 bits per heavy atom. The lowest BCUT2D eigenvalue weighted by Gasteiger charge is -2.16. The van der Waals surface area contributed by atoms with Gasteiger partial charge in [-0.2, -0.15) is 0 Å². The van der Waals surface area contributed by atoms with E-state index in [1.54, 1.807) is 0 Å². The highest BCUT2D eigenvalue weighted by Crippen LogP contribution is 2.48. The first-order valence-corrected chi connectivity index (χ1v) is 5.75. The summed E-state index contributed by atoms with van der Waals surface area (Å²) in [6, 6.07) is 6.05. The zero-order valence-electron chi connectivity index (χ0n) is 9.64. The molecule has 15 heavy (non-hydrogen) atoms. The molecule has 0 unspecified atom stereocenters. The first-order chi connectivity index (χ1) is 7.15. The molecule has 1 aliphatic rings. The van der Waals surface area contributed by atoms with Crippen molar-refractivity contribution >= 4 is 11.4 Å². The molecule has 0 bridgehead atoms. The summed E-state index contributed by atoms with van der Waals surface area (Å²) >= 11 is 0. The summed E-state index contributed by atoms with van der Waals surface area (Å²) in [5.74, 6) is 0. The van der Waals surface area contributed by atoms with Crippen molar-refractivity contribution in [3.63, 3.8) is 0 Å². The second kappa shape index (κ2) is 3.76. The third kappa shape index (κ3) is 2.25. The largest absolute Gasteiger partial charge is 0.399 e. The lowest BCUT2D eigenvalue weighted by Crippen LogP contribution is -2.15. The summed E-state index contributed by atoms with van der Waals surface area (Å²) < 4.78 is 0. The molecule has 1 saturated carbocycles. The molecule has 0 spiro atoms. The van der Waals surface area contributed by atoms with Crippen LogP contribution in [0.5, 0.6) is 0 Å². The van der Waals surface area contributed by atoms with Gasteiger partial charge < -0.3 is 11.1 Å². The lowest BCUT2D eigenvalue weighted by atomic mass is 10.0. The lowest BCUT2D eigenvalue weighted by molar-refractivity contribution is 0.521. The van der Waals surface area contributed by atoms with Crippen LogP contribution in [0.15, 0.2) is 18.2 Å². The van der Waals surface area contributed by atoms with Crippen molar-refractivity contribution in [2.75, 3.05) is 17.6 Å². The van der Waals surface area contributed by atoms with Crippen LogP contribution in [0.1, 0.15) is 31.7 Å². The number of hydrogen-bond donors (Lipinski definition) is 2. The minimum absolute atomic E-state index is 0.580. The highest BCUT2D eigenvalue weighted by Gasteiger charge is 2.40. The maximum absolute atomic E-state index is 5.77. The van der Waals surface area contributed by atoms with E-state index in [4.69, 9.17) is 5.73 Å². The molecule has 3 N–H and O–H groups in total. The topological polar surface area (TPSA) is 38.0 Å². The van der Waals surface area contributed by atoms with Gasteiger partial charge >= 0.3 is 0 Å². The highest BCUT2D eigenvalue weighted by atomic mass is 14.9. The predicted molar refractivity (Wildman–Crippen MR) is 66.0 cm³/mol.